The van der Waals surface area contributed by atoms with E-state index in [0.717, 1.165) is 29.0 Å². The molecule has 1 unspecified atom stereocenters. The van der Waals surface area contributed by atoms with Crippen molar-refractivity contribution in [2.45, 2.75) is 46.6 Å². The molecule has 0 spiro atoms. The summed E-state index contributed by atoms with van der Waals surface area (Å²) in [7, 11) is 0. The van der Waals surface area contributed by atoms with Crippen molar-refractivity contribution < 1.29 is 5.11 Å². The van der Waals surface area contributed by atoms with Crippen molar-refractivity contribution in [3.8, 4) is 0 Å². The Morgan fingerprint density at radius 1 is 1.25 bits per heavy atom. The van der Waals surface area contributed by atoms with Gasteiger partial charge in [-0.05, 0) is 48.8 Å². The Hall–Kier alpha value is -0.540. The summed E-state index contributed by atoms with van der Waals surface area (Å²) in [5.74, 6) is 0.792. The summed E-state index contributed by atoms with van der Waals surface area (Å²) in [4.78, 5) is 2.45. The number of hydrogen-bond donors (Lipinski definition) is 1. The minimum absolute atomic E-state index is 0.105. The number of aliphatic hydroxyl groups excluding tert-OH is 1. The van der Waals surface area contributed by atoms with E-state index >= 15 is 0 Å². The van der Waals surface area contributed by atoms with E-state index in [1.807, 2.05) is 6.07 Å². The van der Waals surface area contributed by atoms with E-state index in [0.29, 0.717) is 5.41 Å². The first-order valence-electron chi connectivity index (χ1n) is 7.56. The van der Waals surface area contributed by atoms with Gasteiger partial charge in [0.1, 0.15) is 0 Å². The molecule has 1 aromatic rings. The number of hydrogen-bond acceptors (Lipinski definition) is 2. The van der Waals surface area contributed by atoms with E-state index in [1.165, 1.54) is 24.9 Å². The number of benzene rings is 1. The van der Waals surface area contributed by atoms with Crippen LogP contribution in [0.1, 0.15) is 45.6 Å². The largest absolute Gasteiger partial charge is 0.392 e. The average molecular weight is 340 g/mol. The Kier molecular flexibility index (Phi) is 5.14. The maximum Gasteiger partial charge on any atom is 0.0702 e. The molecule has 1 heterocycles. The second-order valence-electron chi connectivity index (χ2n) is 6.91. The topological polar surface area (TPSA) is 23.5 Å². The molecule has 0 saturated carbocycles. The molecule has 1 aromatic carbocycles. The zero-order valence-corrected chi connectivity index (χ0v) is 14.4. The van der Waals surface area contributed by atoms with Gasteiger partial charge in [-0.1, -0.05) is 36.7 Å². The maximum atomic E-state index is 9.58. The summed E-state index contributed by atoms with van der Waals surface area (Å²) in [6, 6.07) is 6.23. The highest BCUT2D eigenvalue weighted by Gasteiger charge is 2.27. The van der Waals surface area contributed by atoms with Gasteiger partial charge in [0.25, 0.3) is 0 Å². The fourth-order valence-electron chi connectivity index (χ4n) is 3.19. The Morgan fingerprint density at radius 3 is 2.65 bits per heavy atom. The van der Waals surface area contributed by atoms with Crippen molar-refractivity contribution in [2.75, 3.05) is 18.0 Å². The van der Waals surface area contributed by atoms with Gasteiger partial charge in [0, 0.05) is 28.8 Å². The average Bonchev–Trinajstić information content (AvgIpc) is 2.63. The lowest BCUT2D eigenvalue weighted by molar-refractivity contribution is 0.220. The van der Waals surface area contributed by atoms with Gasteiger partial charge in [-0.15, -0.1) is 0 Å². The number of aliphatic hydroxyl groups is 1. The van der Waals surface area contributed by atoms with Gasteiger partial charge >= 0.3 is 0 Å². The van der Waals surface area contributed by atoms with Crippen LogP contribution in [0.25, 0.3) is 0 Å². The van der Waals surface area contributed by atoms with Gasteiger partial charge in [0.05, 0.1) is 6.61 Å². The third-order valence-electron chi connectivity index (χ3n) is 4.51. The van der Waals surface area contributed by atoms with Crippen LogP contribution in [0.3, 0.4) is 0 Å². The van der Waals surface area contributed by atoms with Gasteiger partial charge < -0.3 is 10.0 Å². The predicted octanol–water partition coefficient (Wildman–Crippen LogP) is 4.59. The smallest absolute Gasteiger partial charge is 0.0702 e. The number of anilines is 1. The highest BCUT2D eigenvalue weighted by Crippen LogP contribution is 2.36. The minimum atomic E-state index is 0.105. The van der Waals surface area contributed by atoms with Crippen LogP contribution in [0.5, 0.6) is 0 Å². The summed E-state index contributed by atoms with van der Waals surface area (Å²) in [5.41, 5.74) is 2.62. The van der Waals surface area contributed by atoms with Gasteiger partial charge in [-0.25, -0.2) is 0 Å². The molecule has 0 amide bonds. The first kappa shape index (κ1) is 15.8. The molecule has 1 aliphatic heterocycles. The van der Waals surface area contributed by atoms with E-state index < -0.39 is 0 Å². The van der Waals surface area contributed by atoms with Gasteiger partial charge in [0.15, 0.2) is 0 Å². The molecule has 2 rings (SSSR count). The van der Waals surface area contributed by atoms with Crippen LogP contribution in [0.2, 0.25) is 0 Å². The van der Waals surface area contributed by atoms with Crippen molar-refractivity contribution >= 4 is 21.6 Å². The fourth-order valence-corrected chi connectivity index (χ4v) is 3.60. The van der Waals surface area contributed by atoms with E-state index in [9.17, 15) is 5.11 Å². The molecule has 3 heteroatoms. The summed E-state index contributed by atoms with van der Waals surface area (Å²) in [6.45, 7) is 9.36. The Balaban J connectivity index is 2.15. The first-order valence-corrected chi connectivity index (χ1v) is 8.35. The highest BCUT2D eigenvalue weighted by molar-refractivity contribution is 9.10. The second-order valence-corrected chi connectivity index (χ2v) is 7.83. The van der Waals surface area contributed by atoms with Crippen LogP contribution in [0.15, 0.2) is 22.7 Å². The lowest BCUT2D eigenvalue weighted by atomic mass is 9.77. The summed E-state index contributed by atoms with van der Waals surface area (Å²) >= 11 is 3.48. The Labute approximate surface area is 131 Å². The molecule has 0 aliphatic carbocycles. The number of rotatable bonds is 2. The molecule has 112 valence electrons. The van der Waals surface area contributed by atoms with Crippen molar-refractivity contribution in [2.24, 2.45) is 11.3 Å². The summed E-state index contributed by atoms with van der Waals surface area (Å²) in [6.07, 6.45) is 3.79. The lowest BCUT2D eigenvalue weighted by Gasteiger charge is -2.30. The second kappa shape index (κ2) is 6.48. The SMILES string of the molecule is CC(C)(C)C1CCCN(c2ccc(Br)cc2CO)CC1. The molecule has 0 aromatic heterocycles. The molecule has 1 N–H and O–H groups in total. The van der Waals surface area contributed by atoms with Gasteiger partial charge in [0.2, 0.25) is 0 Å². The van der Waals surface area contributed by atoms with Gasteiger partial charge in [-0.3, -0.25) is 0 Å². The lowest BCUT2D eigenvalue weighted by Crippen LogP contribution is -2.27. The standard InChI is InChI=1S/C17H26BrNO/c1-17(2,3)14-5-4-9-19(10-8-14)16-7-6-15(18)11-13(16)12-20/h6-7,11,14,20H,4-5,8-10,12H2,1-3H3. The van der Waals surface area contributed by atoms with Crippen molar-refractivity contribution in [3.63, 3.8) is 0 Å². The summed E-state index contributed by atoms with van der Waals surface area (Å²) < 4.78 is 1.03. The zero-order chi connectivity index (χ0) is 14.8. The van der Waals surface area contributed by atoms with Crippen LogP contribution in [-0.4, -0.2) is 18.2 Å². The normalized spacial score (nSPS) is 20.9. The van der Waals surface area contributed by atoms with E-state index in [2.05, 4.69) is 53.7 Å². The molecule has 2 nitrogen and oxygen atoms in total. The summed E-state index contributed by atoms with van der Waals surface area (Å²) in [5, 5.41) is 9.58. The molecular formula is C17H26BrNO. The Morgan fingerprint density at radius 2 is 2.00 bits per heavy atom. The van der Waals surface area contributed by atoms with E-state index in [-0.39, 0.29) is 6.61 Å². The predicted molar refractivity (Wildman–Crippen MR) is 89.1 cm³/mol. The minimum Gasteiger partial charge on any atom is -0.392 e. The molecule has 0 radical (unpaired) electrons. The van der Waals surface area contributed by atoms with Crippen LogP contribution in [0, 0.1) is 11.3 Å². The maximum absolute atomic E-state index is 9.58. The molecule has 1 saturated heterocycles. The molecule has 1 atom stereocenters. The van der Waals surface area contributed by atoms with Crippen molar-refractivity contribution in [3.05, 3.63) is 28.2 Å². The van der Waals surface area contributed by atoms with Gasteiger partial charge in [-0.2, -0.15) is 0 Å². The third-order valence-corrected chi connectivity index (χ3v) is 5.00. The number of nitrogens with zero attached hydrogens (tertiary/aromatic N) is 1. The van der Waals surface area contributed by atoms with E-state index in [1.54, 1.807) is 0 Å². The molecule has 0 bridgehead atoms. The van der Waals surface area contributed by atoms with Crippen LogP contribution >= 0.6 is 15.9 Å². The van der Waals surface area contributed by atoms with Crippen LogP contribution < -0.4 is 4.90 Å². The Bertz CT molecular complexity index is 453. The molecular weight excluding hydrogens is 314 g/mol. The zero-order valence-electron chi connectivity index (χ0n) is 12.8. The van der Waals surface area contributed by atoms with Crippen molar-refractivity contribution in [1.82, 2.24) is 0 Å². The molecule has 1 aliphatic rings. The van der Waals surface area contributed by atoms with Crippen molar-refractivity contribution in [1.29, 1.82) is 0 Å². The van der Waals surface area contributed by atoms with Crippen LogP contribution in [-0.2, 0) is 6.61 Å². The first-order chi connectivity index (χ1) is 9.41. The third kappa shape index (κ3) is 3.76. The number of halogens is 1. The van der Waals surface area contributed by atoms with Crippen LogP contribution in [0.4, 0.5) is 5.69 Å². The molecule has 20 heavy (non-hydrogen) atoms. The highest BCUT2D eigenvalue weighted by atomic mass is 79.9. The fraction of sp³-hybridized carbons (Fsp3) is 0.647. The monoisotopic (exact) mass is 339 g/mol. The molecule has 1 fully saturated rings. The quantitative estimate of drug-likeness (QED) is 0.851. The van der Waals surface area contributed by atoms with E-state index in [4.69, 9.17) is 0 Å².